The van der Waals surface area contributed by atoms with Crippen LogP contribution in [-0.4, -0.2) is 57.0 Å². The molecule has 1 amide bonds. The Hall–Kier alpha value is -2.22. The molecule has 0 radical (unpaired) electrons. The molecule has 0 aliphatic carbocycles. The van der Waals surface area contributed by atoms with Gasteiger partial charge in [0.2, 0.25) is 11.8 Å². The number of carbonyl (C=O) groups is 1. The maximum Gasteiger partial charge on any atom is 0.244 e. The molecular formula is C18H25N5O3. The number of aromatic nitrogens is 4. The molecular weight excluding hydrogens is 334 g/mol. The second-order valence-corrected chi connectivity index (χ2v) is 7.53. The van der Waals surface area contributed by atoms with Crippen LogP contribution in [-0.2, 0) is 21.5 Å². The molecule has 4 heterocycles. The number of nitrogens with zero attached hydrogens (tertiary/aromatic N) is 5. The van der Waals surface area contributed by atoms with Crippen LogP contribution in [0.5, 0.6) is 0 Å². The van der Waals surface area contributed by atoms with Crippen molar-refractivity contribution < 1.29 is 14.1 Å². The van der Waals surface area contributed by atoms with Gasteiger partial charge in [0, 0.05) is 50.0 Å². The Kier molecular flexibility index (Phi) is 4.76. The maximum absolute atomic E-state index is 12.6. The van der Waals surface area contributed by atoms with Crippen molar-refractivity contribution >= 4 is 5.91 Å². The fraction of sp³-hybridized carbons (Fsp3) is 0.667. The van der Waals surface area contributed by atoms with E-state index in [9.17, 15) is 4.79 Å². The fourth-order valence-electron chi connectivity index (χ4n) is 3.86. The minimum Gasteiger partial charge on any atom is -0.381 e. The highest BCUT2D eigenvalue weighted by atomic mass is 16.5. The van der Waals surface area contributed by atoms with Crippen molar-refractivity contribution in [3.8, 4) is 0 Å². The lowest BCUT2D eigenvalue weighted by Crippen LogP contribution is -2.48. The standard InChI is InChI=1S/C18H25N5O3/c1-18(17-20-16(26-21-17)14-4-10-25-11-5-14)6-2-8-22(13-18)15(24)12-23-9-3-7-19-23/h3,7,9,14H,2,4-6,8,10-13H2,1H3. The van der Waals surface area contributed by atoms with Crippen LogP contribution in [0.2, 0.25) is 0 Å². The summed E-state index contributed by atoms with van der Waals surface area (Å²) in [5, 5.41) is 8.39. The summed E-state index contributed by atoms with van der Waals surface area (Å²) in [6.45, 7) is 5.26. The fourth-order valence-corrected chi connectivity index (χ4v) is 3.86. The van der Waals surface area contributed by atoms with Crippen LogP contribution in [0.4, 0.5) is 0 Å². The first-order chi connectivity index (χ1) is 12.6. The van der Waals surface area contributed by atoms with Gasteiger partial charge < -0.3 is 14.2 Å². The first-order valence-corrected chi connectivity index (χ1v) is 9.31. The zero-order valence-electron chi connectivity index (χ0n) is 15.1. The summed E-state index contributed by atoms with van der Waals surface area (Å²) in [6, 6.07) is 1.82. The Balaban J connectivity index is 1.45. The molecule has 4 rings (SSSR count). The number of amides is 1. The summed E-state index contributed by atoms with van der Waals surface area (Å²) >= 11 is 0. The lowest BCUT2D eigenvalue weighted by atomic mass is 9.81. The van der Waals surface area contributed by atoms with Crippen molar-refractivity contribution in [1.29, 1.82) is 0 Å². The van der Waals surface area contributed by atoms with Crippen LogP contribution < -0.4 is 0 Å². The summed E-state index contributed by atoms with van der Waals surface area (Å²) < 4.78 is 12.6. The average molecular weight is 359 g/mol. The van der Waals surface area contributed by atoms with E-state index in [-0.39, 0.29) is 23.8 Å². The van der Waals surface area contributed by atoms with Gasteiger partial charge in [0.25, 0.3) is 0 Å². The molecule has 2 aliphatic heterocycles. The number of hydrogen-bond donors (Lipinski definition) is 0. The van der Waals surface area contributed by atoms with Gasteiger partial charge in [-0.2, -0.15) is 10.1 Å². The highest BCUT2D eigenvalue weighted by molar-refractivity contribution is 5.76. The topological polar surface area (TPSA) is 86.3 Å². The largest absolute Gasteiger partial charge is 0.381 e. The predicted octanol–water partition coefficient (Wildman–Crippen LogP) is 1.74. The third-order valence-electron chi connectivity index (χ3n) is 5.46. The predicted molar refractivity (Wildman–Crippen MR) is 92.5 cm³/mol. The molecule has 1 atom stereocenters. The van der Waals surface area contributed by atoms with Crippen LogP contribution >= 0.6 is 0 Å². The SMILES string of the molecule is CC1(c2noc(C3CCOCC3)n2)CCCN(C(=O)Cn2cccn2)C1. The number of likely N-dealkylation sites (tertiary alicyclic amines) is 1. The number of piperidine rings is 1. The minimum atomic E-state index is -0.273. The quantitative estimate of drug-likeness (QED) is 0.826. The molecule has 2 saturated heterocycles. The van der Waals surface area contributed by atoms with E-state index in [4.69, 9.17) is 14.2 Å². The highest BCUT2D eigenvalue weighted by Gasteiger charge is 2.39. The third-order valence-corrected chi connectivity index (χ3v) is 5.46. The van der Waals surface area contributed by atoms with Gasteiger partial charge in [-0.05, 0) is 31.7 Å². The Morgan fingerprint density at radius 2 is 2.23 bits per heavy atom. The molecule has 2 aromatic heterocycles. The van der Waals surface area contributed by atoms with Gasteiger partial charge in [0.05, 0.1) is 0 Å². The van der Waals surface area contributed by atoms with E-state index in [0.29, 0.717) is 12.4 Å². The molecule has 2 fully saturated rings. The minimum absolute atomic E-state index is 0.0766. The molecule has 0 N–H and O–H groups in total. The zero-order chi connectivity index (χ0) is 18.0. The lowest BCUT2D eigenvalue weighted by molar-refractivity contribution is -0.134. The molecule has 0 spiro atoms. The van der Waals surface area contributed by atoms with E-state index in [2.05, 4.69) is 17.2 Å². The van der Waals surface area contributed by atoms with E-state index in [1.165, 1.54) is 0 Å². The smallest absolute Gasteiger partial charge is 0.244 e. The zero-order valence-corrected chi connectivity index (χ0v) is 15.1. The van der Waals surface area contributed by atoms with E-state index in [0.717, 1.165) is 51.3 Å². The van der Waals surface area contributed by atoms with Crippen molar-refractivity contribution in [2.75, 3.05) is 26.3 Å². The summed E-state index contributed by atoms with van der Waals surface area (Å²) in [4.78, 5) is 19.2. The number of hydrogen-bond acceptors (Lipinski definition) is 6. The number of ether oxygens (including phenoxy) is 1. The van der Waals surface area contributed by atoms with E-state index in [1.807, 2.05) is 11.0 Å². The number of rotatable bonds is 4. The van der Waals surface area contributed by atoms with Crippen molar-refractivity contribution in [3.05, 3.63) is 30.2 Å². The van der Waals surface area contributed by atoms with Crippen LogP contribution in [0.15, 0.2) is 23.0 Å². The molecule has 8 heteroatoms. The first kappa shape index (κ1) is 17.2. The van der Waals surface area contributed by atoms with Crippen LogP contribution in [0.25, 0.3) is 0 Å². The van der Waals surface area contributed by atoms with Crippen molar-refractivity contribution in [2.24, 2.45) is 0 Å². The molecule has 140 valence electrons. The lowest BCUT2D eigenvalue weighted by Gasteiger charge is -2.38. The van der Waals surface area contributed by atoms with Gasteiger partial charge in [-0.1, -0.05) is 12.1 Å². The molecule has 0 aromatic carbocycles. The molecule has 0 bridgehead atoms. The summed E-state index contributed by atoms with van der Waals surface area (Å²) in [5.41, 5.74) is -0.273. The van der Waals surface area contributed by atoms with Gasteiger partial charge in [-0.3, -0.25) is 9.48 Å². The Bertz CT molecular complexity index is 738. The summed E-state index contributed by atoms with van der Waals surface area (Å²) in [7, 11) is 0. The molecule has 1 unspecified atom stereocenters. The Morgan fingerprint density at radius 1 is 1.38 bits per heavy atom. The maximum atomic E-state index is 12.6. The van der Waals surface area contributed by atoms with Crippen molar-refractivity contribution in [2.45, 2.75) is 50.5 Å². The molecule has 0 saturated carbocycles. The van der Waals surface area contributed by atoms with Gasteiger partial charge in [0.1, 0.15) is 6.54 Å². The van der Waals surface area contributed by atoms with Gasteiger partial charge >= 0.3 is 0 Å². The molecule has 2 aromatic rings. The second-order valence-electron chi connectivity index (χ2n) is 7.53. The average Bonchev–Trinajstić information content (AvgIpc) is 3.35. The van der Waals surface area contributed by atoms with E-state index < -0.39 is 0 Å². The normalized spacial score (nSPS) is 24.7. The van der Waals surface area contributed by atoms with Crippen molar-refractivity contribution in [3.63, 3.8) is 0 Å². The van der Waals surface area contributed by atoms with Crippen LogP contribution in [0.1, 0.15) is 50.2 Å². The molecule has 8 nitrogen and oxygen atoms in total. The Morgan fingerprint density at radius 3 is 3.00 bits per heavy atom. The molecule has 2 aliphatic rings. The van der Waals surface area contributed by atoms with Gasteiger partial charge in [-0.15, -0.1) is 0 Å². The number of carbonyl (C=O) groups excluding carboxylic acids is 1. The highest BCUT2D eigenvalue weighted by Crippen LogP contribution is 2.34. The summed E-state index contributed by atoms with van der Waals surface area (Å²) in [5.74, 6) is 1.79. The monoisotopic (exact) mass is 359 g/mol. The second kappa shape index (κ2) is 7.19. The summed E-state index contributed by atoms with van der Waals surface area (Å²) in [6.07, 6.45) is 7.22. The van der Waals surface area contributed by atoms with Crippen LogP contribution in [0.3, 0.4) is 0 Å². The van der Waals surface area contributed by atoms with E-state index in [1.54, 1.807) is 17.1 Å². The third kappa shape index (κ3) is 3.51. The Labute approximate surface area is 152 Å². The van der Waals surface area contributed by atoms with Crippen LogP contribution in [0, 0.1) is 0 Å². The van der Waals surface area contributed by atoms with E-state index >= 15 is 0 Å². The van der Waals surface area contributed by atoms with Crippen molar-refractivity contribution in [1.82, 2.24) is 24.8 Å². The van der Waals surface area contributed by atoms with Gasteiger partial charge in [0.15, 0.2) is 5.82 Å². The first-order valence-electron chi connectivity index (χ1n) is 9.31. The van der Waals surface area contributed by atoms with Gasteiger partial charge in [-0.25, -0.2) is 0 Å². The molecule has 26 heavy (non-hydrogen) atoms.